The van der Waals surface area contributed by atoms with Gasteiger partial charge in [0.25, 0.3) is 0 Å². The molecule has 0 radical (unpaired) electrons. The van der Waals surface area contributed by atoms with Gasteiger partial charge in [0, 0.05) is 11.3 Å². The van der Waals surface area contributed by atoms with Crippen LogP contribution >= 0.6 is 11.3 Å². The van der Waals surface area contributed by atoms with Crippen LogP contribution < -0.4 is 5.90 Å². The SMILES string of the molecule is CC(C)c1nc(C(C)(C)ON)cs1. The number of nitrogens with two attached hydrogens (primary N) is 1. The largest absolute Gasteiger partial charge is 0.292 e. The fourth-order valence-electron chi connectivity index (χ4n) is 0.890. The molecule has 1 heterocycles. The summed E-state index contributed by atoms with van der Waals surface area (Å²) in [6.45, 7) is 8.07. The summed E-state index contributed by atoms with van der Waals surface area (Å²) in [4.78, 5) is 9.33. The fraction of sp³-hybridized carbons (Fsp3) is 0.667. The summed E-state index contributed by atoms with van der Waals surface area (Å²) in [5.74, 6) is 5.65. The molecule has 0 unspecified atom stereocenters. The van der Waals surface area contributed by atoms with Crippen molar-refractivity contribution in [1.29, 1.82) is 0 Å². The zero-order valence-corrected chi connectivity index (χ0v) is 9.31. The maximum Gasteiger partial charge on any atom is 0.126 e. The van der Waals surface area contributed by atoms with Crippen molar-refractivity contribution in [2.75, 3.05) is 0 Å². The maximum absolute atomic E-state index is 5.19. The lowest BCUT2D eigenvalue weighted by atomic mass is 10.1. The first-order valence-corrected chi connectivity index (χ1v) is 5.19. The van der Waals surface area contributed by atoms with Crippen molar-refractivity contribution < 1.29 is 4.84 Å². The van der Waals surface area contributed by atoms with Gasteiger partial charge in [-0.25, -0.2) is 10.9 Å². The summed E-state index contributed by atoms with van der Waals surface area (Å²) in [6.07, 6.45) is 0. The van der Waals surface area contributed by atoms with Gasteiger partial charge in [0.1, 0.15) is 5.60 Å². The van der Waals surface area contributed by atoms with Gasteiger partial charge >= 0.3 is 0 Å². The Bertz CT molecular complexity index is 281. The Morgan fingerprint density at radius 2 is 2.15 bits per heavy atom. The normalized spacial score (nSPS) is 12.5. The first-order valence-electron chi connectivity index (χ1n) is 4.31. The molecule has 0 aliphatic heterocycles. The van der Waals surface area contributed by atoms with Crippen molar-refractivity contribution >= 4 is 11.3 Å². The summed E-state index contributed by atoms with van der Waals surface area (Å²) in [6, 6.07) is 0. The molecule has 0 atom stereocenters. The number of aromatic nitrogens is 1. The topological polar surface area (TPSA) is 48.1 Å². The summed E-state index contributed by atoms with van der Waals surface area (Å²) < 4.78 is 0. The molecular weight excluding hydrogens is 184 g/mol. The Labute approximate surface area is 82.9 Å². The monoisotopic (exact) mass is 200 g/mol. The molecule has 3 nitrogen and oxygen atoms in total. The molecule has 2 N–H and O–H groups in total. The van der Waals surface area contributed by atoms with Gasteiger partial charge in [-0.05, 0) is 13.8 Å². The molecule has 0 saturated heterocycles. The highest BCUT2D eigenvalue weighted by atomic mass is 32.1. The Hall–Kier alpha value is -0.450. The van der Waals surface area contributed by atoms with Crippen molar-refractivity contribution in [3.63, 3.8) is 0 Å². The van der Waals surface area contributed by atoms with Gasteiger partial charge in [-0.15, -0.1) is 11.3 Å². The summed E-state index contributed by atoms with van der Waals surface area (Å²) >= 11 is 1.65. The molecule has 0 spiro atoms. The second-order valence-corrected chi connectivity index (χ2v) is 4.74. The smallest absolute Gasteiger partial charge is 0.126 e. The second kappa shape index (κ2) is 3.74. The van der Waals surface area contributed by atoms with Crippen LogP contribution in [0.3, 0.4) is 0 Å². The lowest BCUT2D eigenvalue weighted by molar-refractivity contribution is -0.0264. The molecule has 0 aliphatic carbocycles. The van der Waals surface area contributed by atoms with Crippen LogP contribution in [0, 0.1) is 0 Å². The van der Waals surface area contributed by atoms with Crippen molar-refractivity contribution in [3.8, 4) is 0 Å². The molecule has 0 bridgehead atoms. The average molecular weight is 200 g/mol. The minimum absolute atomic E-state index is 0.465. The molecule has 0 amide bonds. The third kappa shape index (κ3) is 2.27. The Kier molecular flexibility index (Phi) is 3.05. The van der Waals surface area contributed by atoms with E-state index >= 15 is 0 Å². The lowest BCUT2D eigenvalue weighted by Gasteiger charge is -2.18. The Morgan fingerprint density at radius 3 is 2.54 bits per heavy atom. The molecule has 4 heteroatoms. The predicted octanol–water partition coefficient (Wildman–Crippen LogP) is 2.39. The van der Waals surface area contributed by atoms with E-state index in [-0.39, 0.29) is 0 Å². The molecular formula is C9H16N2OS. The summed E-state index contributed by atoms with van der Waals surface area (Å²) in [5, 5.41) is 3.13. The summed E-state index contributed by atoms with van der Waals surface area (Å²) in [5.41, 5.74) is 0.424. The van der Waals surface area contributed by atoms with E-state index in [1.165, 1.54) is 0 Å². The molecule has 1 aromatic heterocycles. The first kappa shape index (κ1) is 10.6. The summed E-state index contributed by atoms with van der Waals surface area (Å²) in [7, 11) is 0. The van der Waals surface area contributed by atoms with Crippen LogP contribution in [-0.2, 0) is 10.4 Å². The van der Waals surface area contributed by atoms with Gasteiger partial charge in [-0.3, -0.25) is 4.84 Å². The zero-order chi connectivity index (χ0) is 10.1. The van der Waals surface area contributed by atoms with Gasteiger partial charge in [0.05, 0.1) is 10.7 Å². The molecule has 0 aliphatic rings. The molecule has 1 rings (SSSR count). The second-order valence-electron chi connectivity index (χ2n) is 3.85. The highest BCUT2D eigenvalue weighted by molar-refractivity contribution is 7.09. The van der Waals surface area contributed by atoms with Crippen molar-refractivity contribution in [2.45, 2.75) is 39.2 Å². The standard InChI is InChI=1S/C9H16N2OS/c1-6(2)8-11-7(5-13-8)9(3,4)12-10/h5-6H,10H2,1-4H3. The van der Waals surface area contributed by atoms with Crippen LogP contribution in [0.15, 0.2) is 5.38 Å². The molecule has 13 heavy (non-hydrogen) atoms. The van der Waals surface area contributed by atoms with Gasteiger partial charge < -0.3 is 0 Å². The van der Waals surface area contributed by atoms with E-state index < -0.39 is 5.60 Å². The number of hydrogen-bond acceptors (Lipinski definition) is 4. The quantitative estimate of drug-likeness (QED) is 0.762. The average Bonchev–Trinajstić information content (AvgIpc) is 2.52. The minimum atomic E-state index is -0.482. The van der Waals surface area contributed by atoms with E-state index in [9.17, 15) is 0 Å². The van der Waals surface area contributed by atoms with Gasteiger partial charge in [-0.2, -0.15) is 0 Å². The van der Waals surface area contributed by atoms with Crippen LogP contribution in [0.4, 0.5) is 0 Å². The Morgan fingerprint density at radius 1 is 1.54 bits per heavy atom. The van der Waals surface area contributed by atoms with Crippen LogP contribution in [0.25, 0.3) is 0 Å². The minimum Gasteiger partial charge on any atom is -0.292 e. The lowest BCUT2D eigenvalue weighted by Crippen LogP contribution is -2.25. The predicted molar refractivity (Wildman–Crippen MR) is 54.5 cm³/mol. The highest BCUT2D eigenvalue weighted by Crippen LogP contribution is 2.27. The van der Waals surface area contributed by atoms with Crippen LogP contribution in [0.5, 0.6) is 0 Å². The fourth-order valence-corrected chi connectivity index (χ4v) is 1.88. The van der Waals surface area contributed by atoms with Gasteiger partial charge in [0.15, 0.2) is 0 Å². The molecule has 1 aromatic rings. The van der Waals surface area contributed by atoms with Crippen LogP contribution in [0.1, 0.15) is 44.3 Å². The number of nitrogens with zero attached hydrogens (tertiary/aromatic N) is 1. The third-order valence-corrected chi connectivity index (χ3v) is 3.07. The van der Waals surface area contributed by atoms with E-state index in [0.717, 1.165) is 10.7 Å². The maximum atomic E-state index is 5.19. The van der Waals surface area contributed by atoms with E-state index in [1.54, 1.807) is 11.3 Å². The van der Waals surface area contributed by atoms with Crippen LogP contribution in [0.2, 0.25) is 0 Å². The van der Waals surface area contributed by atoms with Gasteiger partial charge in [0.2, 0.25) is 0 Å². The molecule has 0 aromatic carbocycles. The van der Waals surface area contributed by atoms with E-state index in [1.807, 2.05) is 19.2 Å². The van der Waals surface area contributed by atoms with E-state index in [2.05, 4.69) is 18.8 Å². The first-order chi connectivity index (χ1) is 5.97. The molecule has 0 saturated carbocycles. The number of hydrogen-bond donors (Lipinski definition) is 1. The van der Waals surface area contributed by atoms with Crippen molar-refractivity contribution in [1.82, 2.24) is 4.98 Å². The third-order valence-electron chi connectivity index (χ3n) is 1.93. The number of rotatable bonds is 3. The zero-order valence-electron chi connectivity index (χ0n) is 8.50. The highest BCUT2D eigenvalue weighted by Gasteiger charge is 2.24. The van der Waals surface area contributed by atoms with E-state index in [4.69, 9.17) is 10.7 Å². The van der Waals surface area contributed by atoms with E-state index in [0.29, 0.717) is 5.92 Å². The number of thiazole rings is 1. The van der Waals surface area contributed by atoms with Crippen molar-refractivity contribution in [2.24, 2.45) is 5.90 Å². The van der Waals surface area contributed by atoms with Gasteiger partial charge in [-0.1, -0.05) is 13.8 Å². The van der Waals surface area contributed by atoms with Crippen LogP contribution in [-0.4, -0.2) is 4.98 Å². The van der Waals surface area contributed by atoms with Crippen molar-refractivity contribution in [3.05, 3.63) is 16.1 Å². The Balaban J connectivity index is 2.91. The molecule has 0 fully saturated rings. The molecule has 74 valence electrons.